The Balaban J connectivity index is 1.40. The van der Waals surface area contributed by atoms with Gasteiger partial charge in [0.05, 0.1) is 12.2 Å². The molecule has 1 saturated heterocycles. The van der Waals surface area contributed by atoms with Crippen molar-refractivity contribution in [2.45, 2.75) is 117 Å². The van der Waals surface area contributed by atoms with Crippen molar-refractivity contribution >= 4 is 11.7 Å². The first-order chi connectivity index (χ1) is 20.4. The molecule has 0 spiro atoms. The van der Waals surface area contributed by atoms with E-state index in [9.17, 15) is 20.1 Å². The Bertz CT molecular complexity index is 846. The number of anilines is 1. The van der Waals surface area contributed by atoms with Crippen LogP contribution in [0.15, 0.2) is 18.3 Å². The molecule has 10 nitrogen and oxygen atoms in total. The predicted molar refractivity (Wildman–Crippen MR) is 167 cm³/mol. The number of unbranched alkanes of at least 4 members (excludes halogenated alkanes) is 15. The summed E-state index contributed by atoms with van der Waals surface area (Å²) in [4.78, 5) is 36.3. The van der Waals surface area contributed by atoms with E-state index in [-0.39, 0.29) is 12.5 Å². The molecule has 240 valence electrons. The minimum atomic E-state index is -0.716. The highest BCUT2D eigenvalue weighted by molar-refractivity contribution is 5.93. The predicted octanol–water partition coefficient (Wildman–Crippen LogP) is 7.14. The third-order valence-electron chi connectivity index (χ3n) is 8.01. The molecular formula is C32H57N5O5. The largest absolute Gasteiger partial charge is 0.354 e. The zero-order chi connectivity index (χ0) is 30.4. The highest BCUT2D eigenvalue weighted by atomic mass is 16.9. The summed E-state index contributed by atoms with van der Waals surface area (Å²) in [6.07, 6.45) is 20.2. The van der Waals surface area contributed by atoms with Crippen molar-refractivity contribution in [3.63, 3.8) is 0 Å². The van der Waals surface area contributed by atoms with Crippen molar-refractivity contribution in [1.82, 2.24) is 14.9 Å². The molecule has 10 heteroatoms. The van der Waals surface area contributed by atoms with E-state index in [4.69, 9.17) is 0 Å². The summed E-state index contributed by atoms with van der Waals surface area (Å²) in [7, 11) is 0. The smallest absolute Gasteiger partial charge is 0.294 e. The van der Waals surface area contributed by atoms with Crippen LogP contribution in [-0.2, 0) is 4.84 Å². The number of carbonyl (C=O) groups excluding carboxylic acids is 1. The molecule has 1 amide bonds. The molecular weight excluding hydrogens is 534 g/mol. The van der Waals surface area contributed by atoms with E-state index < -0.39 is 5.09 Å². The molecule has 42 heavy (non-hydrogen) atoms. The van der Waals surface area contributed by atoms with Gasteiger partial charge >= 0.3 is 0 Å². The van der Waals surface area contributed by atoms with E-state index in [2.05, 4.69) is 33.5 Å². The number of amides is 1. The maximum Gasteiger partial charge on any atom is 0.294 e. The lowest BCUT2D eigenvalue weighted by Gasteiger charge is -2.36. The molecule has 2 rings (SSSR count). The zero-order valence-corrected chi connectivity index (χ0v) is 26.4. The molecule has 0 radical (unpaired) electrons. The van der Waals surface area contributed by atoms with Crippen LogP contribution < -0.4 is 4.90 Å². The number of nitrogens with zero attached hydrogens (tertiary/aromatic N) is 5. The van der Waals surface area contributed by atoms with Crippen LogP contribution in [0.25, 0.3) is 0 Å². The number of aromatic nitrogens is 1. The van der Waals surface area contributed by atoms with Gasteiger partial charge in [-0.05, 0) is 30.9 Å². The van der Waals surface area contributed by atoms with Crippen LogP contribution in [0.3, 0.4) is 0 Å². The fourth-order valence-electron chi connectivity index (χ4n) is 5.60. The molecule has 1 aromatic heterocycles. The van der Waals surface area contributed by atoms with Gasteiger partial charge in [0.1, 0.15) is 5.82 Å². The first-order valence-corrected chi connectivity index (χ1v) is 16.6. The van der Waals surface area contributed by atoms with Gasteiger partial charge in [0.2, 0.25) is 0 Å². The van der Waals surface area contributed by atoms with Crippen LogP contribution in [0.5, 0.6) is 0 Å². The van der Waals surface area contributed by atoms with E-state index in [1.165, 1.54) is 64.2 Å². The minimum absolute atomic E-state index is 0.223. The normalized spacial score (nSPS) is 14.0. The number of carbonyl (C=O) groups is 1. The zero-order valence-electron chi connectivity index (χ0n) is 26.4. The van der Waals surface area contributed by atoms with E-state index in [1.807, 2.05) is 6.07 Å². The van der Waals surface area contributed by atoms with E-state index in [0.29, 0.717) is 18.0 Å². The van der Waals surface area contributed by atoms with Gasteiger partial charge in [0, 0.05) is 45.5 Å². The summed E-state index contributed by atoms with van der Waals surface area (Å²) in [5.41, 5.74) is 0.428. The van der Waals surface area contributed by atoms with E-state index in [0.717, 1.165) is 82.1 Å². The van der Waals surface area contributed by atoms with Crippen molar-refractivity contribution in [3.8, 4) is 0 Å². The molecule has 0 aliphatic carbocycles. The van der Waals surface area contributed by atoms with Gasteiger partial charge < -0.3 is 9.74 Å². The van der Waals surface area contributed by atoms with Gasteiger partial charge in [0.15, 0.2) is 0 Å². The average molecular weight is 592 g/mol. The Hall–Kier alpha value is -2.46. The Morgan fingerprint density at radius 2 is 1.38 bits per heavy atom. The van der Waals surface area contributed by atoms with Gasteiger partial charge in [0.25, 0.3) is 11.0 Å². The molecule has 1 aliphatic rings. The van der Waals surface area contributed by atoms with Crippen molar-refractivity contribution in [3.05, 3.63) is 34.0 Å². The number of hydrogen-bond donors (Lipinski definition) is 1. The Morgan fingerprint density at radius 3 is 1.83 bits per heavy atom. The summed E-state index contributed by atoms with van der Waals surface area (Å²) in [5.74, 6) is 1.19. The van der Waals surface area contributed by atoms with Crippen molar-refractivity contribution in [1.29, 1.82) is 0 Å². The number of hydrogen-bond acceptors (Lipinski definition) is 8. The molecule has 0 unspecified atom stereocenters. The van der Waals surface area contributed by atoms with Crippen molar-refractivity contribution in [2.24, 2.45) is 5.92 Å². The molecule has 0 atom stereocenters. The SMILES string of the molecule is CC(C)CN1CCN(c2ccc(C(=O)N(O)CCCCCCCCCCCCCCCCCCO[N+](=O)[O-])cn2)CC1. The first kappa shape index (κ1) is 35.7. The van der Waals surface area contributed by atoms with E-state index >= 15 is 0 Å². The van der Waals surface area contributed by atoms with E-state index in [1.54, 1.807) is 12.3 Å². The second-order valence-corrected chi connectivity index (χ2v) is 12.2. The third kappa shape index (κ3) is 16.2. The van der Waals surface area contributed by atoms with Gasteiger partial charge in [-0.2, -0.15) is 0 Å². The lowest BCUT2D eigenvalue weighted by atomic mass is 10.0. The second-order valence-electron chi connectivity index (χ2n) is 12.2. The lowest BCUT2D eigenvalue weighted by molar-refractivity contribution is -0.757. The lowest BCUT2D eigenvalue weighted by Crippen LogP contribution is -2.47. The van der Waals surface area contributed by atoms with Crippen LogP contribution in [0.4, 0.5) is 5.82 Å². The minimum Gasteiger partial charge on any atom is -0.354 e. The summed E-state index contributed by atoms with van der Waals surface area (Å²) in [6, 6.07) is 3.67. The maximum atomic E-state index is 12.6. The average Bonchev–Trinajstić information content (AvgIpc) is 2.98. The third-order valence-corrected chi connectivity index (χ3v) is 8.01. The quantitative estimate of drug-likeness (QED) is 0.0584. The molecule has 1 fully saturated rings. The fourth-order valence-corrected chi connectivity index (χ4v) is 5.60. The molecule has 0 aromatic carbocycles. The second kappa shape index (κ2) is 22.1. The standard InChI is InChI=1S/C32H57N5O5/c1-29(2)28-34-22-24-35(25-23-34)31-20-19-30(27-33-31)32(38)36(39)21-17-15-13-11-9-7-5-3-4-6-8-10-12-14-16-18-26-42-37(40)41/h19-20,27,29,39H,3-18,21-26,28H2,1-2H3. The monoisotopic (exact) mass is 591 g/mol. The molecule has 0 bridgehead atoms. The number of piperazine rings is 1. The van der Waals surface area contributed by atoms with Crippen LogP contribution in [-0.4, -0.2) is 77.0 Å². The van der Waals surface area contributed by atoms with Crippen molar-refractivity contribution < 1.29 is 19.9 Å². The number of hydroxylamine groups is 2. The topological polar surface area (TPSA) is 112 Å². The highest BCUT2D eigenvalue weighted by Crippen LogP contribution is 2.17. The molecule has 1 aromatic rings. The molecule has 2 heterocycles. The van der Waals surface area contributed by atoms with Crippen molar-refractivity contribution in [2.75, 3.05) is 50.8 Å². The van der Waals surface area contributed by atoms with Crippen LogP contribution >= 0.6 is 0 Å². The Kier molecular flexibility index (Phi) is 18.8. The van der Waals surface area contributed by atoms with Gasteiger partial charge in [-0.15, -0.1) is 10.1 Å². The summed E-state index contributed by atoms with van der Waals surface area (Å²) >= 11 is 0. The first-order valence-electron chi connectivity index (χ1n) is 16.6. The van der Waals surface area contributed by atoms with Crippen LogP contribution in [0.2, 0.25) is 0 Å². The fraction of sp³-hybridized carbons (Fsp3) is 0.812. The van der Waals surface area contributed by atoms with Gasteiger partial charge in [-0.25, -0.2) is 10.0 Å². The maximum absolute atomic E-state index is 12.6. The molecule has 0 saturated carbocycles. The summed E-state index contributed by atoms with van der Waals surface area (Å²) < 4.78 is 0. The van der Waals surface area contributed by atoms with Crippen LogP contribution in [0, 0.1) is 16.0 Å². The summed E-state index contributed by atoms with van der Waals surface area (Å²) in [5, 5.41) is 20.5. The highest BCUT2D eigenvalue weighted by Gasteiger charge is 2.19. The Labute approximate surface area is 253 Å². The summed E-state index contributed by atoms with van der Waals surface area (Å²) in [6.45, 7) is 10.1. The molecule has 1 N–H and O–H groups in total. The molecule has 1 aliphatic heterocycles. The van der Waals surface area contributed by atoms with Gasteiger partial charge in [-0.3, -0.25) is 14.9 Å². The number of rotatable bonds is 24. The Morgan fingerprint density at radius 1 is 0.881 bits per heavy atom. The number of pyridine rings is 1. The van der Waals surface area contributed by atoms with Gasteiger partial charge in [-0.1, -0.05) is 104 Å². The van der Waals surface area contributed by atoms with Crippen LogP contribution in [0.1, 0.15) is 127 Å².